The van der Waals surface area contributed by atoms with Crippen molar-refractivity contribution in [2.24, 2.45) is 5.73 Å². The van der Waals surface area contributed by atoms with Crippen LogP contribution in [-0.2, 0) is 29.0 Å². The number of H-pyrrole nitrogens is 1. The monoisotopic (exact) mass is 656 g/mol. The number of nitrogens with one attached hydrogen (secondary N) is 2. The van der Waals surface area contributed by atoms with Crippen LogP contribution in [0.15, 0.2) is 103 Å². The highest BCUT2D eigenvalue weighted by Gasteiger charge is 2.41. The van der Waals surface area contributed by atoms with Crippen molar-refractivity contribution in [3.63, 3.8) is 0 Å². The Hall–Kier alpha value is -5.42. The molecule has 0 unspecified atom stereocenters. The lowest BCUT2D eigenvalue weighted by atomic mass is 10.0. The number of benzene rings is 4. The summed E-state index contributed by atoms with van der Waals surface area (Å²) >= 11 is 0. The van der Waals surface area contributed by atoms with Gasteiger partial charge in [-0.1, -0.05) is 60.7 Å². The van der Waals surface area contributed by atoms with E-state index in [-0.39, 0.29) is 24.0 Å². The lowest BCUT2D eigenvalue weighted by Crippen LogP contribution is -2.33. The molecule has 5 aromatic rings. The average Bonchev–Trinajstić information content (AvgIpc) is 3.49. The number of hydrogen-bond acceptors (Lipinski definition) is 5. The molecule has 4 N–H and O–H groups in total. The second kappa shape index (κ2) is 15.4. The van der Waals surface area contributed by atoms with Crippen LogP contribution in [-0.4, -0.2) is 53.5 Å². The van der Waals surface area contributed by atoms with Crippen molar-refractivity contribution in [2.75, 3.05) is 19.6 Å². The molecule has 0 saturated carbocycles. The predicted molar refractivity (Wildman–Crippen MR) is 177 cm³/mol. The van der Waals surface area contributed by atoms with Crippen LogP contribution in [0.25, 0.3) is 22.0 Å². The lowest BCUT2D eigenvalue weighted by molar-refractivity contribution is -0.189. The van der Waals surface area contributed by atoms with E-state index in [0.717, 1.165) is 38.7 Å². The van der Waals surface area contributed by atoms with Crippen molar-refractivity contribution >= 4 is 28.7 Å². The van der Waals surface area contributed by atoms with E-state index < -0.39 is 12.1 Å². The lowest BCUT2D eigenvalue weighted by Gasteiger charge is -2.23. The van der Waals surface area contributed by atoms with E-state index in [2.05, 4.69) is 15.0 Å². The van der Waals surface area contributed by atoms with Gasteiger partial charge in [0.25, 0.3) is 5.91 Å². The van der Waals surface area contributed by atoms with E-state index in [0.29, 0.717) is 44.6 Å². The molecule has 0 aliphatic heterocycles. The van der Waals surface area contributed by atoms with Crippen LogP contribution in [0.5, 0.6) is 5.75 Å². The number of hydrogen-bond donors (Lipinski definition) is 3. The number of aromatic amines is 1. The SMILES string of the molecule is NCCCNC(=O)c1cccc(-c2cccc(CN(CCc3ccc(OC(=O)C(F)(F)F)cc3)C(=O)Cc3c[nH]c4ccccc34)c2)c1. The van der Waals surface area contributed by atoms with Crippen molar-refractivity contribution in [2.45, 2.75) is 32.0 Å². The summed E-state index contributed by atoms with van der Waals surface area (Å²) in [4.78, 5) is 42.6. The smallest absolute Gasteiger partial charge is 0.420 e. The Morgan fingerprint density at radius 3 is 2.33 bits per heavy atom. The van der Waals surface area contributed by atoms with Gasteiger partial charge in [-0.2, -0.15) is 13.2 Å². The van der Waals surface area contributed by atoms with Crippen LogP contribution in [0.3, 0.4) is 0 Å². The fourth-order valence-electron chi connectivity index (χ4n) is 5.31. The molecule has 0 saturated heterocycles. The van der Waals surface area contributed by atoms with E-state index in [4.69, 9.17) is 5.73 Å². The second-order valence-electron chi connectivity index (χ2n) is 11.3. The third kappa shape index (κ3) is 8.89. The van der Waals surface area contributed by atoms with Gasteiger partial charge in [0.05, 0.1) is 6.42 Å². The highest BCUT2D eigenvalue weighted by Crippen LogP contribution is 2.25. The van der Waals surface area contributed by atoms with Crippen LogP contribution >= 0.6 is 0 Å². The first-order valence-electron chi connectivity index (χ1n) is 15.5. The van der Waals surface area contributed by atoms with Crippen molar-refractivity contribution in [1.29, 1.82) is 0 Å². The summed E-state index contributed by atoms with van der Waals surface area (Å²) in [5, 5.41) is 3.83. The van der Waals surface area contributed by atoms with Gasteiger partial charge in [-0.3, -0.25) is 9.59 Å². The van der Waals surface area contributed by atoms with Crippen molar-refractivity contribution in [3.8, 4) is 16.9 Å². The summed E-state index contributed by atoms with van der Waals surface area (Å²) in [6.07, 6.45) is -2.00. The largest absolute Gasteiger partial charge is 0.491 e. The van der Waals surface area contributed by atoms with Crippen LogP contribution in [0.1, 0.15) is 33.5 Å². The number of aromatic nitrogens is 1. The van der Waals surface area contributed by atoms with E-state index in [1.54, 1.807) is 23.1 Å². The van der Waals surface area contributed by atoms with Gasteiger partial charge in [-0.05, 0) is 83.6 Å². The van der Waals surface area contributed by atoms with Crippen LogP contribution in [0.2, 0.25) is 0 Å². The third-order valence-electron chi connectivity index (χ3n) is 7.83. The molecule has 5 rings (SSSR count). The number of nitrogens with two attached hydrogens (primary N) is 1. The number of carbonyl (C=O) groups is 3. The molecule has 0 aliphatic rings. The van der Waals surface area contributed by atoms with Gasteiger partial charge in [0.15, 0.2) is 0 Å². The Bertz CT molecular complexity index is 1890. The Kier molecular flexibility index (Phi) is 10.9. The first-order valence-corrected chi connectivity index (χ1v) is 15.5. The maximum atomic E-state index is 13.8. The number of amides is 2. The zero-order valence-electron chi connectivity index (χ0n) is 26.1. The van der Waals surface area contributed by atoms with Crippen molar-refractivity contribution < 1.29 is 32.3 Å². The summed E-state index contributed by atoms with van der Waals surface area (Å²) in [7, 11) is 0. The fraction of sp³-hybridized carbons (Fsp3) is 0.216. The molecule has 0 spiro atoms. The van der Waals surface area contributed by atoms with Gasteiger partial charge in [0.2, 0.25) is 5.91 Å². The molecule has 2 amide bonds. The molecule has 4 aromatic carbocycles. The molecule has 1 heterocycles. The van der Waals surface area contributed by atoms with Crippen LogP contribution in [0, 0.1) is 0 Å². The van der Waals surface area contributed by atoms with E-state index in [1.807, 2.05) is 72.9 Å². The number of esters is 1. The number of fused-ring (bicyclic) bond motifs is 1. The summed E-state index contributed by atoms with van der Waals surface area (Å²) < 4.78 is 42.2. The van der Waals surface area contributed by atoms with Crippen molar-refractivity contribution in [3.05, 3.63) is 126 Å². The predicted octanol–water partition coefficient (Wildman–Crippen LogP) is 6.20. The quantitative estimate of drug-likeness (QED) is 0.0794. The zero-order valence-corrected chi connectivity index (χ0v) is 26.1. The zero-order chi connectivity index (χ0) is 34.1. The molecule has 248 valence electrons. The maximum absolute atomic E-state index is 13.8. The van der Waals surface area contributed by atoms with Gasteiger partial charge in [0, 0.05) is 42.3 Å². The van der Waals surface area contributed by atoms with Gasteiger partial charge < -0.3 is 25.7 Å². The first kappa shape index (κ1) is 33.9. The Morgan fingerprint density at radius 2 is 1.58 bits per heavy atom. The van der Waals surface area contributed by atoms with Gasteiger partial charge in [-0.25, -0.2) is 4.79 Å². The number of rotatable bonds is 13. The Morgan fingerprint density at radius 1 is 0.854 bits per heavy atom. The summed E-state index contributed by atoms with van der Waals surface area (Å²) in [5.74, 6) is -2.79. The van der Waals surface area contributed by atoms with Crippen LogP contribution in [0.4, 0.5) is 13.2 Å². The summed E-state index contributed by atoms with van der Waals surface area (Å²) in [6, 6.07) is 28.6. The second-order valence-corrected chi connectivity index (χ2v) is 11.3. The summed E-state index contributed by atoms with van der Waals surface area (Å²) in [5.41, 5.74) is 11.2. The number of para-hydroxylation sites is 1. The van der Waals surface area contributed by atoms with Gasteiger partial charge in [0.1, 0.15) is 5.75 Å². The minimum atomic E-state index is -5.09. The number of carbonyl (C=O) groups excluding carboxylic acids is 3. The molecule has 1 aromatic heterocycles. The highest BCUT2D eigenvalue weighted by molar-refractivity contribution is 5.95. The van der Waals surface area contributed by atoms with Gasteiger partial charge >= 0.3 is 12.1 Å². The number of nitrogens with zero attached hydrogens (tertiary/aromatic N) is 1. The molecule has 8 nitrogen and oxygen atoms in total. The van der Waals surface area contributed by atoms with E-state index >= 15 is 0 Å². The third-order valence-corrected chi connectivity index (χ3v) is 7.83. The number of alkyl halides is 3. The standard InChI is InChI=1S/C37H35F3N4O4/c38-37(39,40)36(47)48-31-14-12-25(13-15-31)16-19-44(34(45)22-30-23-43-33-11-2-1-10-32(30)33)24-26-6-3-7-27(20-26)28-8-4-9-29(21-28)35(46)42-18-5-17-41/h1-4,6-15,20-21,23,43H,5,16-19,22,24,41H2,(H,42,46). The minimum Gasteiger partial charge on any atom is -0.420 e. The molecule has 0 atom stereocenters. The molecular weight excluding hydrogens is 621 g/mol. The molecule has 0 radical (unpaired) electrons. The molecule has 0 aliphatic carbocycles. The van der Waals surface area contributed by atoms with Crippen molar-refractivity contribution in [1.82, 2.24) is 15.2 Å². The molecule has 48 heavy (non-hydrogen) atoms. The minimum absolute atomic E-state index is 0.1000. The summed E-state index contributed by atoms with van der Waals surface area (Å²) in [6.45, 7) is 1.61. The molecule has 0 fully saturated rings. The molecule has 0 bridgehead atoms. The fourth-order valence-corrected chi connectivity index (χ4v) is 5.31. The Balaban J connectivity index is 1.34. The number of halogens is 3. The molecule has 11 heteroatoms. The average molecular weight is 657 g/mol. The van der Waals surface area contributed by atoms with Gasteiger partial charge in [-0.15, -0.1) is 0 Å². The topological polar surface area (TPSA) is 118 Å². The Labute approximate surface area is 275 Å². The normalized spacial score (nSPS) is 11.3. The van der Waals surface area contributed by atoms with E-state index in [1.165, 1.54) is 12.1 Å². The number of ether oxygens (including phenoxy) is 1. The maximum Gasteiger partial charge on any atom is 0.491 e. The highest BCUT2D eigenvalue weighted by atomic mass is 19.4. The first-order chi connectivity index (χ1) is 23.1. The van der Waals surface area contributed by atoms with Crippen LogP contribution < -0.4 is 15.8 Å². The van der Waals surface area contributed by atoms with E-state index in [9.17, 15) is 27.6 Å². The molecular formula is C37H35F3N4O4.